The predicted octanol–water partition coefficient (Wildman–Crippen LogP) is 4.36. The topological polar surface area (TPSA) is 95.2 Å². The van der Waals surface area contributed by atoms with Gasteiger partial charge >= 0.3 is 0 Å². The molecule has 13 heteroatoms. The summed E-state index contributed by atoms with van der Waals surface area (Å²) in [5, 5.41) is 17.4. The lowest BCUT2D eigenvalue weighted by molar-refractivity contribution is 0.0876. The van der Waals surface area contributed by atoms with Gasteiger partial charge in [0.05, 0.1) is 38.0 Å². The van der Waals surface area contributed by atoms with E-state index in [9.17, 15) is 23.1 Å². The normalized spacial score (nSPS) is 21.3. The Balaban J connectivity index is 1.20. The zero-order valence-corrected chi connectivity index (χ0v) is 24.2. The van der Waals surface area contributed by atoms with Crippen LogP contribution in [0, 0.1) is 11.6 Å². The van der Waals surface area contributed by atoms with Crippen LogP contribution in [-0.2, 0) is 11.3 Å². The number of alkyl halides is 1. The van der Waals surface area contributed by atoms with Crippen LogP contribution in [0.2, 0.25) is 0 Å². The Labute approximate surface area is 250 Å². The van der Waals surface area contributed by atoms with Crippen LogP contribution in [0.3, 0.4) is 0 Å². The van der Waals surface area contributed by atoms with Gasteiger partial charge in [0.15, 0.2) is 22.9 Å². The third kappa shape index (κ3) is 6.43. The molecule has 43 heavy (non-hydrogen) atoms. The van der Waals surface area contributed by atoms with E-state index in [-0.39, 0.29) is 30.5 Å². The minimum Gasteiger partial charge on any atom is -0.505 e. The Kier molecular flexibility index (Phi) is 8.46. The molecule has 6 rings (SSSR count). The van der Waals surface area contributed by atoms with E-state index < -0.39 is 29.7 Å². The molecule has 2 N–H and O–H groups in total. The van der Waals surface area contributed by atoms with Crippen molar-refractivity contribution in [1.29, 1.82) is 0 Å². The second-order valence-electron chi connectivity index (χ2n) is 10.8. The first-order chi connectivity index (χ1) is 20.8. The van der Waals surface area contributed by atoms with E-state index in [1.165, 1.54) is 46.7 Å². The quantitative estimate of drug-likeness (QED) is 0.298. The van der Waals surface area contributed by atoms with Gasteiger partial charge in [0, 0.05) is 31.0 Å². The number of carbonyl (C=O) groups is 1. The molecule has 1 amide bonds. The number of ether oxygens (including phenoxy) is 1. The Morgan fingerprint density at radius 1 is 1.16 bits per heavy atom. The minimum absolute atomic E-state index is 0.0889. The van der Waals surface area contributed by atoms with E-state index in [0.29, 0.717) is 49.9 Å². The Bertz CT molecular complexity index is 1640. The van der Waals surface area contributed by atoms with Crippen molar-refractivity contribution in [1.82, 2.24) is 24.8 Å². The number of aromatic hydroxyl groups is 1. The molecule has 0 saturated carbocycles. The molecule has 2 aliphatic rings. The van der Waals surface area contributed by atoms with Gasteiger partial charge in [-0.2, -0.15) is 0 Å². The van der Waals surface area contributed by atoms with E-state index in [2.05, 4.69) is 20.3 Å². The first-order valence-electron chi connectivity index (χ1n) is 14.0. The fourth-order valence-electron chi connectivity index (χ4n) is 5.70. The van der Waals surface area contributed by atoms with Crippen molar-refractivity contribution in [3.05, 3.63) is 83.2 Å². The van der Waals surface area contributed by atoms with E-state index in [0.717, 1.165) is 10.5 Å². The molecule has 2 aromatic carbocycles. The first kappa shape index (κ1) is 29.3. The van der Waals surface area contributed by atoms with Gasteiger partial charge in [-0.15, -0.1) is 16.9 Å². The van der Waals surface area contributed by atoms with Gasteiger partial charge < -0.3 is 20.1 Å². The lowest BCUT2D eigenvalue weighted by Gasteiger charge is -2.26. The van der Waals surface area contributed by atoms with Crippen LogP contribution < -0.4 is 10.2 Å². The summed E-state index contributed by atoms with van der Waals surface area (Å²) in [4.78, 5) is 22.4. The molecule has 3 atom stereocenters. The molecular formula is C30H31F3N6O3S. The zero-order chi connectivity index (χ0) is 30.1. The molecule has 226 valence electrons. The molecule has 0 bridgehead atoms. The number of amides is 1. The maximum absolute atomic E-state index is 14.7. The number of anilines is 1. The molecule has 4 aromatic rings. The fourth-order valence-corrected chi connectivity index (χ4v) is 6.18. The largest absolute Gasteiger partial charge is 0.505 e. The third-order valence-corrected chi connectivity index (χ3v) is 8.45. The number of fused-ring (bicyclic) bond motifs is 1. The number of phenols is 1. The SMILES string of the molecule is CSc1cc(F)cc([C@H]2C[C@H](F)CN2c2ccc3ncc(C(=O)N[C@@H]4COCCN(Cc5ccc(F)c(O)c5)C4)n3n2)c1. The second kappa shape index (κ2) is 12.4. The van der Waals surface area contributed by atoms with E-state index in [1.54, 1.807) is 23.1 Å². The van der Waals surface area contributed by atoms with E-state index in [1.807, 2.05) is 12.3 Å². The summed E-state index contributed by atoms with van der Waals surface area (Å²) in [6.07, 6.45) is 2.38. The zero-order valence-electron chi connectivity index (χ0n) is 23.4. The van der Waals surface area contributed by atoms with Crippen LogP contribution in [0.1, 0.15) is 34.1 Å². The first-order valence-corrected chi connectivity index (χ1v) is 15.2. The number of imidazole rings is 1. The van der Waals surface area contributed by atoms with Crippen molar-refractivity contribution in [3.63, 3.8) is 0 Å². The highest BCUT2D eigenvalue weighted by molar-refractivity contribution is 7.98. The summed E-state index contributed by atoms with van der Waals surface area (Å²) < 4.78 is 49.7. The van der Waals surface area contributed by atoms with Gasteiger partial charge in [-0.3, -0.25) is 9.69 Å². The van der Waals surface area contributed by atoms with Gasteiger partial charge in [-0.05, 0) is 59.8 Å². The van der Waals surface area contributed by atoms with Crippen molar-refractivity contribution in [2.45, 2.75) is 36.1 Å². The monoisotopic (exact) mass is 612 g/mol. The number of nitrogens with zero attached hydrogens (tertiary/aromatic N) is 5. The number of carbonyl (C=O) groups excluding carboxylic acids is 1. The molecule has 9 nitrogen and oxygen atoms in total. The standard InChI is InChI=1S/C30H31F3N6O3S/c1-43-23-10-19(9-20(31)11-23)25-12-21(32)15-38(25)29-5-4-28-34-13-26(39(28)36-29)30(41)35-22-16-37(6-7-42-17-22)14-18-2-3-24(33)27(40)8-18/h2-5,8-11,13,21-22,25,40H,6-7,12,14-17H2,1H3,(H,35,41)/t21-,22-,25+/m0/s1. The Morgan fingerprint density at radius 2 is 2.02 bits per heavy atom. The number of rotatable bonds is 7. The van der Waals surface area contributed by atoms with Gasteiger partial charge in [0.2, 0.25) is 0 Å². The summed E-state index contributed by atoms with van der Waals surface area (Å²) in [7, 11) is 0. The highest BCUT2D eigenvalue weighted by Crippen LogP contribution is 2.38. The van der Waals surface area contributed by atoms with Crippen LogP contribution in [0.4, 0.5) is 19.0 Å². The molecule has 0 unspecified atom stereocenters. The number of halogens is 3. The third-order valence-electron chi connectivity index (χ3n) is 7.74. The summed E-state index contributed by atoms with van der Waals surface area (Å²) >= 11 is 1.42. The van der Waals surface area contributed by atoms with Crippen LogP contribution in [0.5, 0.6) is 5.75 Å². The molecular weight excluding hydrogens is 581 g/mol. The fraction of sp³-hybridized carbons (Fsp3) is 0.367. The van der Waals surface area contributed by atoms with Crippen molar-refractivity contribution in [3.8, 4) is 5.75 Å². The Morgan fingerprint density at radius 3 is 2.84 bits per heavy atom. The maximum Gasteiger partial charge on any atom is 0.271 e. The second-order valence-corrected chi connectivity index (χ2v) is 11.7. The molecule has 2 aromatic heterocycles. The predicted molar refractivity (Wildman–Crippen MR) is 156 cm³/mol. The number of hydrogen-bond acceptors (Lipinski definition) is 8. The summed E-state index contributed by atoms with van der Waals surface area (Å²) in [5.41, 5.74) is 2.07. The van der Waals surface area contributed by atoms with Gasteiger partial charge in [-0.25, -0.2) is 22.7 Å². The molecule has 2 fully saturated rings. The van der Waals surface area contributed by atoms with Crippen molar-refractivity contribution in [2.75, 3.05) is 44.0 Å². The Hall–Kier alpha value is -3.81. The summed E-state index contributed by atoms with van der Waals surface area (Å²) in [6, 6.07) is 11.7. The van der Waals surface area contributed by atoms with Crippen LogP contribution >= 0.6 is 11.8 Å². The molecule has 2 aliphatic heterocycles. The molecule has 0 aliphatic carbocycles. The molecule has 2 saturated heterocycles. The van der Waals surface area contributed by atoms with Crippen LogP contribution in [0.15, 0.2) is 59.6 Å². The van der Waals surface area contributed by atoms with Crippen molar-refractivity contribution >= 4 is 29.1 Å². The molecule has 4 heterocycles. The van der Waals surface area contributed by atoms with Gasteiger partial charge in [0.25, 0.3) is 5.91 Å². The lowest BCUT2D eigenvalue weighted by Crippen LogP contribution is -2.44. The summed E-state index contributed by atoms with van der Waals surface area (Å²) in [6.45, 7) is 2.35. The summed E-state index contributed by atoms with van der Waals surface area (Å²) in [5.74, 6) is -1.41. The van der Waals surface area contributed by atoms with Crippen LogP contribution in [-0.4, -0.2) is 81.8 Å². The number of aromatic nitrogens is 3. The van der Waals surface area contributed by atoms with Crippen molar-refractivity contribution < 1.29 is 27.8 Å². The number of hydrogen-bond donors (Lipinski definition) is 2. The van der Waals surface area contributed by atoms with Gasteiger partial charge in [-0.1, -0.05) is 6.07 Å². The molecule has 0 radical (unpaired) electrons. The van der Waals surface area contributed by atoms with Gasteiger partial charge in [0.1, 0.15) is 17.8 Å². The number of nitrogens with one attached hydrogen (secondary N) is 1. The minimum atomic E-state index is -1.12. The average molecular weight is 613 g/mol. The molecule has 0 spiro atoms. The maximum atomic E-state index is 14.7. The highest BCUT2D eigenvalue weighted by Gasteiger charge is 2.35. The number of benzene rings is 2. The van der Waals surface area contributed by atoms with E-state index in [4.69, 9.17) is 4.74 Å². The number of phenolic OH excluding ortho intramolecular Hbond substituents is 1. The number of thioether (sulfide) groups is 1. The smallest absolute Gasteiger partial charge is 0.271 e. The average Bonchev–Trinajstić information content (AvgIpc) is 3.52. The lowest BCUT2D eigenvalue weighted by atomic mass is 10.0. The van der Waals surface area contributed by atoms with E-state index >= 15 is 0 Å². The van der Waals surface area contributed by atoms with Crippen molar-refractivity contribution in [2.24, 2.45) is 0 Å². The van der Waals surface area contributed by atoms with Crippen LogP contribution in [0.25, 0.3) is 5.65 Å². The highest BCUT2D eigenvalue weighted by atomic mass is 32.2.